The van der Waals surface area contributed by atoms with Gasteiger partial charge in [0.1, 0.15) is 5.75 Å². The molecule has 0 amide bonds. The van der Waals surface area contributed by atoms with Crippen molar-refractivity contribution in [3.8, 4) is 22.8 Å². The maximum absolute atomic E-state index is 11.0. The van der Waals surface area contributed by atoms with Crippen LogP contribution >= 0.6 is 11.8 Å². The van der Waals surface area contributed by atoms with Crippen molar-refractivity contribution in [3.05, 3.63) is 94.5 Å². The smallest absolute Gasteiger partial charge is 0.269 e. The molecule has 150 valence electrons. The Balaban J connectivity index is 1.72. The van der Waals surface area contributed by atoms with Crippen LogP contribution in [0.5, 0.6) is 5.75 Å². The van der Waals surface area contributed by atoms with Crippen LogP contribution in [-0.2, 0) is 5.75 Å². The molecule has 30 heavy (non-hydrogen) atoms. The lowest BCUT2D eigenvalue weighted by atomic mass is 10.2. The van der Waals surface area contributed by atoms with E-state index in [9.17, 15) is 10.1 Å². The molecule has 0 atom stereocenters. The Morgan fingerprint density at radius 3 is 2.37 bits per heavy atom. The number of aromatic nitrogens is 3. The van der Waals surface area contributed by atoms with E-state index in [1.54, 1.807) is 31.0 Å². The van der Waals surface area contributed by atoms with Gasteiger partial charge in [-0.1, -0.05) is 48.2 Å². The Kier molecular flexibility index (Phi) is 5.76. The third kappa shape index (κ3) is 4.04. The summed E-state index contributed by atoms with van der Waals surface area (Å²) in [5.41, 5.74) is 2.76. The van der Waals surface area contributed by atoms with E-state index in [0.717, 1.165) is 27.7 Å². The number of hydrogen-bond donors (Lipinski definition) is 0. The molecule has 1 heterocycles. The van der Waals surface area contributed by atoms with Crippen LogP contribution in [0.15, 0.2) is 84.0 Å². The normalized spacial score (nSPS) is 10.7. The monoisotopic (exact) mass is 418 g/mol. The minimum atomic E-state index is -0.416. The molecule has 0 N–H and O–H groups in total. The second-order valence-corrected chi connectivity index (χ2v) is 7.32. The number of non-ortho nitro benzene ring substituents is 1. The largest absolute Gasteiger partial charge is 0.496 e. The number of methoxy groups -OCH3 is 1. The van der Waals surface area contributed by atoms with Gasteiger partial charge in [-0.2, -0.15) is 0 Å². The van der Waals surface area contributed by atoms with Crippen LogP contribution < -0.4 is 4.74 Å². The summed E-state index contributed by atoms with van der Waals surface area (Å²) in [5.74, 6) is 2.11. The molecule has 4 aromatic rings. The summed E-state index contributed by atoms with van der Waals surface area (Å²) in [5, 5.41) is 20.5. The van der Waals surface area contributed by atoms with Gasteiger partial charge in [0.2, 0.25) is 0 Å². The van der Waals surface area contributed by atoms with E-state index >= 15 is 0 Å². The van der Waals surface area contributed by atoms with Crippen molar-refractivity contribution in [3.63, 3.8) is 0 Å². The van der Waals surface area contributed by atoms with Gasteiger partial charge in [0.05, 0.1) is 12.0 Å². The zero-order valence-electron chi connectivity index (χ0n) is 16.1. The van der Waals surface area contributed by atoms with E-state index in [0.29, 0.717) is 11.6 Å². The van der Waals surface area contributed by atoms with Crippen molar-refractivity contribution < 1.29 is 9.66 Å². The number of nitro groups is 1. The first-order valence-electron chi connectivity index (χ1n) is 9.17. The number of para-hydroxylation sites is 2. The van der Waals surface area contributed by atoms with Crippen LogP contribution in [0.1, 0.15) is 5.56 Å². The van der Waals surface area contributed by atoms with Crippen molar-refractivity contribution in [1.29, 1.82) is 0 Å². The van der Waals surface area contributed by atoms with E-state index in [1.165, 1.54) is 12.1 Å². The molecule has 1 aromatic heterocycles. The lowest BCUT2D eigenvalue weighted by Crippen LogP contribution is -2.00. The molecule has 0 aliphatic heterocycles. The SMILES string of the molecule is COc1ccccc1CSc1nnc(-c2ccc([N+](=O)[O-])cc2)n1-c1ccccc1. The van der Waals surface area contributed by atoms with E-state index in [1.807, 2.05) is 59.2 Å². The van der Waals surface area contributed by atoms with Gasteiger partial charge in [0, 0.05) is 34.7 Å². The Hall–Kier alpha value is -3.65. The lowest BCUT2D eigenvalue weighted by molar-refractivity contribution is -0.384. The lowest BCUT2D eigenvalue weighted by Gasteiger charge is -2.11. The zero-order valence-corrected chi connectivity index (χ0v) is 17.0. The predicted octanol–water partition coefficient (Wildman–Crippen LogP) is 5.14. The second kappa shape index (κ2) is 8.79. The molecule has 0 bridgehead atoms. The molecule has 0 saturated carbocycles. The summed E-state index contributed by atoms with van der Waals surface area (Å²) in [4.78, 5) is 10.6. The molecule has 0 radical (unpaired) electrons. The first-order valence-corrected chi connectivity index (χ1v) is 10.2. The van der Waals surface area contributed by atoms with Gasteiger partial charge in [-0.05, 0) is 30.3 Å². The molecular weight excluding hydrogens is 400 g/mol. The van der Waals surface area contributed by atoms with E-state index in [2.05, 4.69) is 10.2 Å². The first-order chi connectivity index (χ1) is 14.7. The molecule has 0 unspecified atom stereocenters. The Bertz CT molecular complexity index is 1160. The summed E-state index contributed by atoms with van der Waals surface area (Å²) in [6.07, 6.45) is 0. The summed E-state index contributed by atoms with van der Waals surface area (Å²) in [6.45, 7) is 0. The fourth-order valence-corrected chi connectivity index (χ4v) is 4.00. The topological polar surface area (TPSA) is 83.1 Å². The summed E-state index contributed by atoms with van der Waals surface area (Å²) in [6, 6.07) is 24.0. The molecule has 3 aromatic carbocycles. The fraction of sp³-hybridized carbons (Fsp3) is 0.0909. The van der Waals surface area contributed by atoms with Crippen molar-refractivity contribution in [2.24, 2.45) is 0 Å². The van der Waals surface area contributed by atoms with Gasteiger partial charge in [0.15, 0.2) is 11.0 Å². The van der Waals surface area contributed by atoms with E-state index in [4.69, 9.17) is 4.74 Å². The second-order valence-electron chi connectivity index (χ2n) is 6.38. The van der Waals surface area contributed by atoms with E-state index in [-0.39, 0.29) is 5.69 Å². The van der Waals surface area contributed by atoms with Gasteiger partial charge in [-0.15, -0.1) is 10.2 Å². The van der Waals surface area contributed by atoms with Gasteiger partial charge < -0.3 is 4.74 Å². The molecular formula is C22H18N4O3S. The third-order valence-electron chi connectivity index (χ3n) is 4.53. The highest BCUT2D eigenvalue weighted by molar-refractivity contribution is 7.98. The third-order valence-corrected chi connectivity index (χ3v) is 5.51. The van der Waals surface area contributed by atoms with Crippen LogP contribution in [-0.4, -0.2) is 26.8 Å². The fourth-order valence-electron chi connectivity index (χ4n) is 3.06. The number of rotatable bonds is 7. The average molecular weight is 418 g/mol. The summed E-state index contributed by atoms with van der Waals surface area (Å²) < 4.78 is 7.40. The number of ether oxygens (including phenoxy) is 1. The van der Waals surface area contributed by atoms with Gasteiger partial charge in [-0.3, -0.25) is 14.7 Å². The number of thioether (sulfide) groups is 1. The molecule has 0 saturated heterocycles. The van der Waals surface area contributed by atoms with Gasteiger partial charge >= 0.3 is 0 Å². The average Bonchev–Trinajstić information content (AvgIpc) is 3.22. The molecule has 0 aliphatic rings. The van der Waals surface area contributed by atoms with Crippen LogP contribution in [0.4, 0.5) is 5.69 Å². The highest BCUT2D eigenvalue weighted by atomic mass is 32.2. The molecule has 0 aliphatic carbocycles. The minimum Gasteiger partial charge on any atom is -0.496 e. The molecule has 7 nitrogen and oxygen atoms in total. The van der Waals surface area contributed by atoms with Crippen LogP contribution in [0.25, 0.3) is 17.1 Å². The standard InChI is InChI=1S/C22H18N4O3S/c1-29-20-10-6-5-7-17(20)15-30-22-24-23-21(25(22)18-8-3-2-4-9-18)16-11-13-19(14-12-16)26(27)28/h2-14H,15H2,1H3. The molecule has 0 spiro atoms. The first kappa shape index (κ1) is 19.7. The van der Waals surface area contributed by atoms with Crippen molar-refractivity contribution in [1.82, 2.24) is 14.8 Å². The number of nitrogens with zero attached hydrogens (tertiary/aromatic N) is 4. The maximum Gasteiger partial charge on any atom is 0.269 e. The number of hydrogen-bond acceptors (Lipinski definition) is 6. The Labute approximate surface area is 177 Å². The highest BCUT2D eigenvalue weighted by Crippen LogP contribution is 2.32. The molecule has 8 heteroatoms. The van der Waals surface area contributed by atoms with Crippen molar-refractivity contribution in [2.75, 3.05) is 7.11 Å². The molecule has 0 fully saturated rings. The Morgan fingerprint density at radius 2 is 1.67 bits per heavy atom. The van der Waals surface area contributed by atoms with Crippen LogP contribution in [0.2, 0.25) is 0 Å². The highest BCUT2D eigenvalue weighted by Gasteiger charge is 2.17. The quantitative estimate of drug-likeness (QED) is 0.235. The van der Waals surface area contributed by atoms with Crippen molar-refractivity contribution in [2.45, 2.75) is 10.9 Å². The maximum atomic E-state index is 11.0. The van der Waals surface area contributed by atoms with Crippen molar-refractivity contribution >= 4 is 17.4 Å². The summed E-state index contributed by atoms with van der Waals surface area (Å²) >= 11 is 1.55. The van der Waals surface area contributed by atoms with Gasteiger partial charge in [0.25, 0.3) is 5.69 Å². The minimum absolute atomic E-state index is 0.0373. The van der Waals surface area contributed by atoms with E-state index < -0.39 is 4.92 Å². The molecule has 4 rings (SSSR count). The van der Waals surface area contributed by atoms with Gasteiger partial charge in [-0.25, -0.2) is 0 Å². The Morgan fingerprint density at radius 1 is 0.967 bits per heavy atom. The van der Waals surface area contributed by atoms with Crippen LogP contribution in [0, 0.1) is 10.1 Å². The number of benzene rings is 3. The zero-order chi connectivity index (χ0) is 20.9. The number of nitro benzene ring substituents is 1. The summed E-state index contributed by atoms with van der Waals surface area (Å²) in [7, 11) is 1.66. The van der Waals surface area contributed by atoms with Crippen LogP contribution in [0.3, 0.4) is 0 Å². The predicted molar refractivity (Wildman–Crippen MR) is 116 cm³/mol.